The summed E-state index contributed by atoms with van der Waals surface area (Å²) in [6.45, 7) is 6.64. The highest BCUT2D eigenvalue weighted by molar-refractivity contribution is 6.29. The van der Waals surface area contributed by atoms with E-state index >= 15 is 0 Å². The van der Waals surface area contributed by atoms with Crippen molar-refractivity contribution >= 4 is 23.2 Å². The Morgan fingerprint density at radius 1 is 1.27 bits per heavy atom. The van der Waals surface area contributed by atoms with Crippen LogP contribution in [-0.2, 0) is 4.79 Å². The first-order chi connectivity index (χ1) is 7.08. The summed E-state index contributed by atoms with van der Waals surface area (Å²) >= 11 is 5.56. The fourth-order valence-electron chi connectivity index (χ4n) is 1.68. The van der Waals surface area contributed by atoms with Crippen LogP contribution in [0.4, 0.5) is 5.69 Å². The minimum atomic E-state index is -0.0517. The molecule has 0 spiro atoms. The van der Waals surface area contributed by atoms with Crippen molar-refractivity contribution in [2.75, 3.05) is 17.3 Å². The minimum absolute atomic E-state index is 0.0286. The summed E-state index contributed by atoms with van der Waals surface area (Å²) in [4.78, 5) is 13.3. The Morgan fingerprint density at radius 3 is 2.20 bits per heavy atom. The molecule has 15 heavy (non-hydrogen) atoms. The highest BCUT2D eigenvalue weighted by Gasteiger charge is 2.12. The smallest absolute Gasteiger partial charge is 0.241 e. The van der Waals surface area contributed by atoms with Gasteiger partial charge in [-0.05, 0) is 44.0 Å². The van der Waals surface area contributed by atoms with E-state index in [1.165, 1.54) is 0 Å². The van der Waals surface area contributed by atoms with Crippen molar-refractivity contribution in [1.82, 2.24) is 0 Å². The summed E-state index contributed by atoms with van der Waals surface area (Å²) in [7, 11) is 0. The molecule has 0 saturated carbocycles. The highest BCUT2D eigenvalue weighted by atomic mass is 35.5. The molecule has 0 atom stereocenters. The molecule has 1 amide bonds. The lowest BCUT2D eigenvalue weighted by atomic mass is 10.1. The van der Waals surface area contributed by atoms with Gasteiger partial charge in [0.25, 0.3) is 0 Å². The number of alkyl halides is 1. The molecule has 1 aromatic carbocycles. The van der Waals surface area contributed by atoms with E-state index in [4.69, 9.17) is 11.6 Å². The predicted octanol–water partition coefficient (Wildman–Crippen LogP) is 2.90. The molecule has 2 nitrogen and oxygen atoms in total. The SMILES string of the molecule is CCN(C(=O)CCl)c1cc(C)cc(C)c1. The van der Waals surface area contributed by atoms with Crippen molar-refractivity contribution < 1.29 is 4.79 Å². The van der Waals surface area contributed by atoms with E-state index in [0.29, 0.717) is 6.54 Å². The Balaban J connectivity index is 3.06. The second-order valence-corrected chi connectivity index (χ2v) is 3.88. The molecule has 0 radical (unpaired) electrons. The van der Waals surface area contributed by atoms with Crippen LogP contribution in [0.15, 0.2) is 18.2 Å². The lowest BCUT2D eigenvalue weighted by Gasteiger charge is -2.20. The number of amides is 1. The van der Waals surface area contributed by atoms with Gasteiger partial charge in [0.1, 0.15) is 5.88 Å². The van der Waals surface area contributed by atoms with Crippen LogP contribution in [-0.4, -0.2) is 18.3 Å². The normalized spacial score (nSPS) is 10.1. The number of carbonyl (C=O) groups excluding carboxylic acids is 1. The van der Waals surface area contributed by atoms with Crippen LogP contribution in [0.25, 0.3) is 0 Å². The number of rotatable bonds is 3. The largest absolute Gasteiger partial charge is 0.312 e. The molecule has 3 heteroatoms. The number of aryl methyl sites for hydroxylation is 2. The summed E-state index contributed by atoms with van der Waals surface area (Å²) in [6, 6.07) is 6.09. The van der Waals surface area contributed by atoms with Gasteiger partial charge in [0.2, 0.25) is 5.91 Å². The average molecular weight is 226 g/mol. The molecule has 0 bridgehead atoms. The zero-order valence-corrected chi connectivity index (χ0v) is 10.1. The van der Waals surface area contributed by atoms with E-state index in [1.54, 1.807) is 4.90 Å². The molecule has 0 aliphatic heterocycles. The quantitative estimate of drug-likeness (QED) is 0.725. The molecule has 0 aromatic heterocycles. The van der Waals surface area contributed by atoms with Gasteiger partial charge in [-0.3, -0.25) is 4.79 Å². The molecule has 0 fully saturated rings. The second kappa shape index (κ2) is 5.17. The third kappa shape index (κ3) is 2.96. The van der Waals surface area contributed by atoms with Crippen molar-refractivity contribution in [2.24, 2.45) is 0 Å². The van der Waals surface area contributed by atoms with Gasteiger partial charge in [0.15, 0.2) is 0 Å². The average Bonchev–Trinajstić information content (AvgIpc) is 2.17. The topological polar surface area (TPSA) is 20.3 Å². The maximum atomic E-state index is 11.6. The minimum Gasteiger partial charge on any atom is -0.312 e. The molecule has 0 aliphatic rings. The Bertz CT molecular complexity index is 342. The van der Waals surface area contributed by atoms with E-state index in [9.17, 15) is 4.79 Å². The number of nitrogens with zero attached hydrogens (tertiary/aromatic N) is 1. The van der Waals surface area contributed by atoms with Crippen LogP contribution in [0.3, 0.4) is 0 Å². The van der Waals surface area contributed by atoms with Crippen molar-refractivity contribution in [1.29, 1.82) is 0 Å². The van der Waals surface area contributed by atoms with Crippen LogP contribution >= 0.6 is 11.6 Å². The predicted molar refractivity (Wildman–Crippen MR) is 64.7 cm³/mol. The lowest BCUT2D eigenvalue weighted by Crippen LogP contribution is -2.31. The standard InChI is InChI=1S/C12H16ClNO/c1-4-14(12(15)8-13)11-6-9(2)5-10(3)7-11/h5-7H,4,8H2,1-3H3. The number of hydrogen-bond acceptors (Lipinski definition) is 1. The van der Waals surface area contributed by atoms with E-state index in [1.807, 2.05) is 32.9 Å². The zero-order chi connectivity index (χ0) is 11.4. The van der Waals surface area contributed by atoms with Crippen LogP contribution in [0.5, 0.6) is 0 Å². The first kappa shape index (κ1) is 12.1. The molecule has 1 rings (SSSR count). The number of carbonyl (C=O) groups is 1. The lowest BCUT2D eigenvalue weighted by molar-refractivity contribution is -0.116. The molecule has 0 aliphatic carbocycles. The number of halogens is 1. The van der Waals surface area contributed by atoms with Crippen LogP contribution in [0.2, 0.25) is 0 Å². The Labute approximate surface area is 95.8 Å². The Hall–Kier alpha value is -1.02. The van der Waals surface area contributed by atoms with Crippen LogP contribution in [0, 0.1) is 13.8 Å². The molecule has 0 saturated heterocycles. The summed E-state index contributed by atoms with van der Waals surface area (Å²) in [6.07, 6.45) is 0. The molecular weight excluding hydrogens is 210 g/mol. The number of benzene rings is 1. The maximum absolute atomic E-state index is 11.6. The van der Waals surface area contributed by atoms with Gasteiger partial charge < -0.3 is 4.90 Å². The van der Waals surface area contributed by atoms with Crippen molar-refractivity contribution in [3.63, 3.8) is 0 Å². The van der Waals surface area contributed by atoms with E-state index < -0.39 is 0 Å². The Morgan fingerprint density at radius 2 is 1.80 bits per heavy atom. The van der Waals surface area contributed by atoms with Crippen molar-refractivity contribution in [3.8, 4) is 0 Å². The van der Waals surface area contributed by atoms with E-state index in [-0.39, 0.29) is 11.8 Å². The fraction of sp³-hybridized carbons (Fsp3) is 0.417. The summed E-state index contributed by atoms with van der Waals surface area (Å²) in [5.74, 6) is -0.0231. The third-order valence-electron chi connectivity index (χ3n) is 2.25. The van der Waals surface area contributed by atoms with Gasteiger partial charge in [-0.1, -0.05) is 6.07 Å². The highest BCUT2D eigenvalue weighted by Crippen LogP contribution is 2.18. The molecule has 1 aromatic rings. The van der Waals surface area contributed by atoms with Gasteiger partial charge in [0, 0.05) is 12.2 Å². The van der Waals surface area contributed by atoms with Crippen LogP contribution < -0.4 is 4.90 Å². The molecular formula is C12H16ClNO. The first-order valence-corrected chi connectivity index (χ1v) is 5.56. The molecule has 0 N–H and O–H groups in total. The van der Waals surface area contributed by atoms with E-state index in [2.05, 4.69) is 6.07 Å². The van der Waals surface area contributed by atoms with Crippen molar-refractivity contribution in [3.05, 3.63) is 29.3 Å². The zero-order valence-electron chi connectivity index (χ0n) is 9.38. The number of anilines is 1. The number of hydrogen-bond donors (Lipinski definition) is 0. The first-order valence-electron chi connectivity index (χ1n) is 5.03. The Kier molecular flexibility index (Phi) is 4.15. The summed E-state index contributed by atoms with van der Waals surface area (Å²) in [5, 5.41) is 0. The van der Waals surface area contributed by atoms with Gasteiger partial charge >= 0.3 is 0 Å². The monoisotopic (exact) mass is 225 g/mol. The van der Waals surface area contributed by atoms with Crippen LogP contribution in [0.1, 0.15) is 18.1 Å². The maximum Gasteiger partial charge on any atom is 0.241 e. The molecule has 0 unspecified atom stereocenters. The third-order valence-corrected chi connectivity index (χ3v) is 2.48. The second-order valence-electron chi connectivity index (χ2n) is 3.62. The van der Waals surface area contributed by atoms with Gasteiger partial charge in [-0.25, -0.2) is 0 Å². The summed E-state index contributed by atoms with van der Waals surface area (Å²) in [5.41, 5.74) is 3.25. The van der Waals surface area contributed by atoms with E-state index in [0.717, 1.165) is 16.8 Å². The fourth-order valence-corrected chi connectivity index (χ4v) is 1.83. The summed E-state index contributed by atoms with van der Waals surface area (Å²) < 4.78 is 0. The molecule has 82 valence electrons. The van der Waals surface area contributed by atoms with Crippen molar-refractivity contribution in [2.45, 2.75) is 20.8 Å². The van der Waals surface area contributed by atoms with Gasteiger partial charge in [-0.2, -0.15) is 0 Å². The molecule has 0 heterocycles. The van der Waals surface area contributed by atoms with Gasteiger partial charge in [-0.15, -0.1) is 11.6 Å². The van der Waals surface area contributed by atoms with Gasteiger partial charge in [0.05, 0.1) is 0 Å².